The van der Waals surface area contributed by atoms with Crippen LogP contribution in [-0.2, 0) is 4.79 Å². The Morgan fingerprint density at radius 1 is 1.28 bits per heavy atom. The molecule has 18 heavy (non-hydrogen) atoms. The van der Waals surface area contributed by atoms with E-state index in [9.17, 15) is 4.79 Å². The van der Waals surface area contributed by atoms with Gasteiger partial charge in [-0.25, -0.2) is 0 Å². The Hall–Kier alpha value is -1.25. The van der Waals surface area contributed by atoms with E-state index >= 15 is 0 Å². The van der Waals surface area contributed by atoms with Gasteiger partial charge >= 0.3 is 0 Å². The monoisotopic (exact) mass is 281 g/mol. The van der Waals surface area contributed by atoms with E-state index in [0.717, 1.165) is 17.7 Å². The predicted octanol–water partition coefficient (Wildman–Crippen LogP) is 4.38. The molecule has 2 rings (SSSR count). The Labute approximate surface area is 116 Å². The predicted molar refractivity (Wildman–Crippen MR) is 76.0 cm³/mol. The van der Waals surface area contributed by atoms with Crippen molar-refractivity contribution in [1.82, 2.24) is 0 Å². The quantitative estimate of drug-likeness (QED) is 0.857. The van der Waals surface area contributed by atoms with Crippen LogP contribution in [0.1, 0.15) is 24.8 Å². The molecule has 1 unspecified atom stereocenters. The molecule has 1 aliphatic carbocycles. The maximum absolute atomic E-state index is 11.2. The molecule has 1 aromatic carbocycles. The minimum Gasteiger partial charge on any atom is -0.326 e. The molecular weight excluding hydrogens is 269 g/mol. The molecule has 0 radical (unpaired) electrons. The van der Waals surface area contributed by atoms with Crippen LogP contribution in [0.15, 0.2) is 46.5 Å². The fourth-order valence-corrected chi connectivity index (χ4v) is 2.37. The van der Waals surface area contributed by atoms with Crippen LogP contribution in [0.5, 0.6) is 0 Å². The second-order valence-electron chi connectivity index (χ2n) is 4.18. The molecular formula is C14H13Cl2NO. The summed E-state index contributed by atoms with van der Waals surface area (Å²) < 4.78 is 0. The van der Waals surface area contributed by atoms with Crippen molar-refractivity contribution in [2.45, 2.75) is 19.3 Å². The first-order valence-electron chi connectivity index (χ1n) is 5.68. The van der Waals surface area contributed by atoms with Crippen molar-refractivity contribution in [2.75, 3.05) is 5.32 Å². The van der Waals surface area contributed by atoms with Gasteiger partial charge in [0.1, 0.15) is 0 Å². The number of hydrogen-bond donors (Lipinski definition) is 1. The Morgan fingerprint density at radius 3 is 2.67 bits per heavy atom. The van der Waals surface area contributed by atoms with Gasteiger partial charge in [0.05, 0.1) is 10.1 Å². The maximum atomic E-state index is 11.2. The second-order valence-corrected chi connectivity index (χ2v) is 4.99. The second kappa shape index (κ2) is 5.59. The summed E-state index contributed by atoms with van der Waals surface area (Å²) in [4.78, 5) is 11.2. The fraction of sp³-hybridized carbons (Fsp3) is 0.214. The standard InChI is InChI=1S/C14H13Cl2NO/c1-9(18)17-14-5-3-2-4-11(14)10-6-7-12(15)13(16)8-10/h2-5,7-8,10H,6H2,1H3,(H,17,18). The third-order valence-corrected chi connectivity index (χ3v) is 3.58. The van der Waals surface area contributed by atoms with Crippen molar-refractivity contribution < 1.29 is 4.79 Å². The van der Waals surface area contributed by atoms with E-state index in [1.807, 2.05) is 36.4 Å². The van der Waals surface area contributed by atoms with E-state index in [1.165, 1.54) is 6.92 Å². The highest BCUT2D eigenvalue weighted by Gasteiger charge is 2.17. The van der Waals surface area contributed by atoms with E-state index < -0.39 is 0 Å². The van der Waals surface area contributed by atoms with Crippen molar-refractivity contribution in [3.8, 4) is 0 Å². The number of benzene rings is 1. The van der Waals surface area contributed by atoms with Crippen LogP contribution < -0.4 is 5.32 Å². The molecule has 0 spiro atoms. The highest BCUT2D eigenvalue weighted by atomic mass is 35.5. The highest BCUT2D eigenvalue weighted by molar-refractivity contribution is 6.44. The summed E-state index contributed by atoms with van der Waals surface area (Å²) >= 11 is 12.0. The molecule has 0 bridgehead atoms. The summed E-state index contributed by atoms with van der Waals surface area (Å²) in [6.45, 7) is 1.50. The molecule has 0 aromatic heterocycles. The molecule has 1 N–H and O–H groups in total. The highest BCUT2D eigenvalue weighted by Crippen LogP contribution is 2.36. The van der Waals surface area contributed by atoms with E-state index in [1.54, 1.807) is 0 Å². The number of carbonyl (C=O) groups excluding carboxylic acids is 1. The maximum Gasteiger partial charge on any atom is 0.221 e. The molecule has 0 aliphatic heterocycles. The average molecular weight is 282 g/mol. The summed E-state index contributed by atoms with van der Waals surface area (Å²) in [5, 5.41) is 3.98. The van der Waals surface area contributed by atoms with E-state index in [2.05, 4.69) is 5.32 Å². The van der Waals surface area contributed by atoms with Crippen LogP contribution in [0.4, 0.5) is 5.69 Å². The SMILES string of the molecule is CC(=O)Nc1ccccc1C1C=C(Cl)C(Cl)=CC1. The lowest BCUT2D eigenvalue weighted by molar-refractivity contribution is -0.114. The summed E-state index contributed by atoms with van der Waals surface area (Å²) in [7, 11) is 0. The summed E-state index contributed by atoms with van der Waals surface area (Å²) in [6, 6.07) is 7.72. The molecule has 1 aliphatic rings. The van der Waals surface area contributed by atoms with Gasteiger partial charge in [-0.2, -0.15) is 0 Å². The van der Waals surface area contributed by atoms with Gasteiger partial charge in [0, 0.05) is 18.5 Å². The number of allylic oxidation sites excluding steroid dienone is 4. The van der Waals surface area contributed by atoms with Crippen molar-refractivity contribution in [3.05, 3.63) is 52.0 Å². The van der Waals surface area contributed by atoms with E-state index in [4.69, 9.17) is 23.2 Å². The fourth-order valence-electron chi connectivity index (χ4n) is 1.99. The van der Waals surface area contributed by atoms with Gasteiger partial charge in [-0.3, -0.25) is 4.79 Å². The molecule has 1 atom stereocenters. The molecule has 4 heteroatoms. The Balaban J connectivity index is 2.32. The largest absolute Gasteiger partial charge is 0.326 e. The van der Waals surface area contributed by atoms with E-state index in [-0.39, 0.29) is 11.8 Å². The van der Waals surface area contributed by atoms with Crippen molar-refractivity contribution in [3.63, 3.8) is 0 Å². The number of rotatable bonds is 2. The van der Waals surface area contributed by atoms with Gasteiger partial charge in [-0.05, 0) is 18.1 Å². The molecule has 0 saturated heterocycles. The van der Waals surface area contributed by atoms with Crippen LogP contribution in [0.2, 0.25) is 0 Å². The van der Waals surface area contributed by atoms with Crippen LogP contribution in [0, 0.1) is 0 Å². The van der Waals surface area contributed by atoms with Gasteiger partial charge in [0.15, 0.2) is 0 Å². The first-order valence-corrected chi connectivity index (χ1v) is 6.43. The smallest absolute Gasteiger partial charge is 0.221 e. The first kappa shape index (κ1) is 13.2. The summed E-state index contributed by atoms with van der Waals surface area (Å²) in [5.74, 6) is 0.0601. The zero-order valence-corrected chi connectivity index (χ0v) is 11.4. The lowest BCUT2D eigenvalue weighted by Gasteiger charge is -2.19. The zero-order valence-electron chi connectivity index (χ0n) is 9.91. The number of nitrogens with one attached hydrogen (secondary N) is 1. The van der Waals surface area contributed by atoms with Gasteiger partial charge in [-0.1, -0.05) is 53.6 Å². The third kappa shape index (κ3) is 2.95. The average Bonchev–Trinajstić information content (AvgIpc) is 2.33. The topological polar surface area (TPSA) is 29.1 Å². The first-order chi connectivity index (χ1) is 8.58. The van der Waals surface area contributed by atoms with Crippen LogP contribution in [0.3, 0.4) is 0 Å². The Morgan fingerprint density at radius 2 is 2.00 bits per heavy atom. The van der Waals surface area contributed by atoms with Gasteiger partial charge in [-0.15, -0.1) is 0 Å². The number of amides is 1. The van der Waals surface area contributed by atoms with Crippen molar-refractivity contribution in [1.29, 1.82) is 0 Å². The normalized spacial score (nSPS) is 18.9. The Kier molecular flexibility index (Phi) is 4.10. The number of halogens is 2. The number of hydrogen-bond acceptors (Lipinski definition) is 1. The molecule has 94 valence electrons. The number of carbonyl (C=O) groups is 1. The third-order valence-electron chi connectivity index (χ3n) is 2.80. The van der Waals surface area contributed by atoms with Gasteiger partial charge in [0.2, 0.25) is 5.91 Å². The Bertz CT molecular complexity index is 534. The van der Waals surface area contributed by atoms with Crippen LogP contribution in [-0.4, -0.2) is 5.91 Å². The molecule has 1 amide bonds. The minimum atomic E-state index is -0.0816. The molecule has 0 fully saturated rings. The molecule has 2 nitrogen and oxygen atoms in total. The van der Waals surface area contributed by atoms with Crippen molar-refractivity contribution >= 4 is 34.8 Å². The summed E-state index contributed by atoms with van der Waals surface area (Å²) in [5.41, 5.74) is 1.87. The van der Waals surface area contributed by atoms with Crippen LogP contribution in [0.25, 0.3) is 0 Å². The van der Waals surface area contributed by atoms with Gasteiger partial charge in [0.25, 0.3) is 0 Å². The minimum absolute atomic E-state index is 0.0816. The lowest BCUT2D eigenvalue weighted by Crippen LogP contribution is -2.10. The lowest BCUT2D eigenvalue weighted by atomic mass is 9.91. The number of anilines is 1. The van der Waals surface area contributed by atoms with Gasteiger partial charge < -0.3 is 5.32 Å². The molecule has 1 aromatic rings. The van der Waals surface area contributed by atoms with E-state index in [0.29, 0.717) is 10.1 Å². The summed E-state index contributed by atoms with van der Waals surface area (Å²) in [6.07, 6.45) is 4.61. The molecule has 0 saturated carbocycles. The number of para-hydroxylation sites is 1. The molecule has 0 heterocycles. The zero-order chi connectivity index (χ0) is 13.1. The van der Waals surface area contributed by atoms with Crippen molar-refractivity contribution in [2.24, 2.45) is 0 Å². The van der Waals surface area contributed by atoms with Crippen LogP contribution >= 0.6 is 23.2 Å².